The van der Waals surface area contributed by atoms with Crippen LogP contribution in [0.1, 0.15) is 37.7 Å². The molecule has 6 heteroatoms. The maximum absolute atomic E-state index is 12.1. The van der Waals surface area contributed by atoms with E-state index in [9.17, 15) is 9.59 Å². The smallest absolute Gasteiger partial charge is 0.339 e. The van der Waals surface area contributed by atoms with Crippen molar-refractivity contribution in [2.75, 3.05) is 7.11 Å². The molecule has 110 valence electrons. The lowest BCUT2D eigenvalue weighted by Gasteiger charge is -2.08. The standard InChI is InChI=1S/C15H15NO5/c1-9-13(10(2)21-16-9)8-20-15(18)12-7-5-4-6-11(12)14(17)19-3/h4-7H,8H2,1-3H3. The highest BCUT2D eigenvalue weighted by Crippen LogP contribution is 2.16. The van der Waals surface area contributed by atoms with Gasteiger partial charge in [0.1, 0.15) is 12.4 Å². The molecule has 21 heavy (non-hydrogen) atoms. The summed E-state index contributed by atoms with van der Waals surface area (Å²) in [6.45, 7) is 3.54. The van der Waals surface area contributed by atoms with Crippen LogP contribution in [0.25, 0.3) is 0 Å². The second-order valence-corrected chi connectivity index (χ2v) is 4.42. The zero-order chi connectivity index (χ0) is 15.4. The number of aryl methyl sites for hydroxylation is 2. The van der Waals surface area contributed by atoms with Gasteiger partial charge in [-0.2, -0.15) is 0 Å². The van der Waals surface area contributed by atoms with Crippen molar-refractivity contribution < 1.29 is 23.6 Å². The molecule has 2 aromatic rings. The molecule has 0 radical (unpaired) electrons. The molecular weight excluding hydrogens is 274 g/mol. The normalized spacial score (nSPS) is 10.2. The van der Waals surface area contributed by atoms with E-state index in [1.54, 1.807) is 26.0 Å². The van der Waals surface area contributed by atoms with Gasteiger partial charge in [0, 0.05) is 0 Å². The van der Waals surface area contributed by atoms with E-state index >= 15 is 0 Å². The number of esters is 2. The second-order valence-electron chi connectivity index (χ2n) is 4.42. The minimum atomic E-state index is -0.601. The molecule has 0 aliphatic carbocycles. The van der Waals surface area contributed by atoms with E-state index in [-0.39, 0.29) is 17.7 Å². The molecular formula is C15H15NO5. The Bertz CT molecular complexity index is 655. The molecule has 2 rings (SSSR count). The predicted molar refractivity (Wildman–Crippen MR) is 72.9 cm³/mol. The fraction of sp³-hybridized carbons (Fsp3) is 0.267. The largest absolute Gasteiger partial charge is 0.465 e. The topological polar surface area (TPSA) is 78.6 Å². The van der Waals surface area contributed by atoms with Crippen LogP contribution in [0.5, 0.6) is 0 Å². The van der Waals surface area contributed by atoms with Gasteiger partial charge in [-0.15, -0.1) is 0 Å². The first-order valence-corrected chi connectivity index (χ1v) is 6.30. The Morgan fingerprint density at radius 1 is 1.14 bits per heavy atom. The van der Waals surface area contributed by atoms with Crippen molar-refractivity contribution >= 4 is 11.9 Å². The summed E-state index contributed by atoms with van der Waals surface area (Å²) in [6.07, 6.45) is 0. The number of aromatic nitrogens is 1. The number of hydrogen-bond acceptors (Lipinski definition) is 6. The molecule has 0 fully saturated rings. The van der Waals surface area contributed by atoms with Crippen LogP contribution in [0.2, 0.25) is 0 Å². The number of methoxy groups -OCH3 is 1. The highest BCUT2D eigenvalue weighted by atomic mass is 16.5. The van der Waals surface area contributed by atoms with Crippen LogP contribution < -0.4 is 0 Å². The molecule has 0 saturated carbocycles. The summed E-state index contributed by atoms with van der Waals surface area (Å²) >= 11 is 0. The lowest BCUT2D eigenvalue weighted by molar-refractivity contribution is 0.0456. The van der Waals surface area contributed by atoms with Crippen molar-refractivity contribution in [1.82, 2.24) is 5.16 Å². The Kier molecular flexibility index (Phi) is 4.37. The number of ether oxygens (including phenoxy) is 2. The Morgan fingerprint density at radius 2 is 1.76 bits per heavy atom. The lowest BCUT2D eigenvalue weighted by Crippen LogP contribution is -2.13. The second kappa shape index (κ2) is 6.21. The van der Waals surface area contributed by atoms with Crippen LogP contribution in [-0.4, -0.2) is 24.2 Å². The summed E-state index contributed by atoms with van der Waals surface area (Å²) in [5.74, 6) is -0.586. The van der Waals surface area contributed by atoms with Crippen LogP contribution in [0.4, 0.5) is 0 Å². The molecule has 0 atom stereocenters. The molecule has 0 amide bonds. The summed E-state index contributed by atoms with van der Waals surface area (Å²) in [7, 11) is 1.26. The van der Waals surface area contributed by atoms with Gasteiger partial charge in [0.15, 0.2) is 0 Å². The van der Waals surface area contributed by atoms with Gasteiger partial charge in [0.2, 0.25) is 0 Å². The van der Waals surface area contributed by atoms with E-state index in [0.717, 1.165) is 5.56 Å². The van der Waals surface area contributed by atoms with Crippen molar-refractivity contribution in [1.29, 1.82) is 0 Å². The molecule has 1 heterocycles. The maximum atomic E-state index is 12.1. The molecule has 1 aromatic carbocycles. The third kappa shape index (κ3) is 3.10. The average molecular weight is 289 g/mol. The molecule has 6 nitrogen and oxygen atoms in total. The minimum absolute atomic E-state index is 0.0372. The fourth-order valence-corrected chi connectivity index (χ4v) is 1.87. The van der Waals surface area contributed by atoms with E-state index in [0.29, 0.717) is 11.5 Å². The van der Waals surface area contributed by atoms with Gasteiger partial charge in [0.25, 0.3) is 0 Å². The number of rotatable bonds is 4. The third-order valence-corrected chi connectivity index (χ3v) is 3.08. The van der Waals surface area contributed by atoms with E-state index in [1.807, 2.05) is 0 Å². The third-order valence-electron chi connectivity index (χ3n) is 3.08. The number of nitrogens with zero attached hydrogens (tertiary/aromatic N) is 1. The Hall–Kier alpha value is -2.63. The minimum Gasteiger partial charge on any atom is -0.465 e. The first-order chi connectivity index (χ1) is 10.0. The van der Waals surface area contributed by atoms with E-state index in [4.69, 9.17) is 9.26 Å². The quantitative estimate of drug-likeness (QED) is 0.804. The molecule has 0 aliphatic rings. The van der Waals surface area contributed by atoms with Crippen LogP contribution in [0, 0.1) is 13.8 Å². The highest BCUT2D eigenvalue weighted by molar-refractivity contribution is 6.03. The highest BCUT2D eigenvalue weighted by Gasteiger charge is 2.19. The summed E-state index contributed by atoms with van der Waals surface area (Å²) < 4.78 is 14.9. The molecule has 0 N–H and O–H groups in total. The number of carbonyl (C=O) groups excluding carboxylic acids is 2. The maximum Gasteiger partial charge on any atom is 0.339 e. The SMILES string of the molecule is COC(=O)c1ccccc1C(=O)OCc1c(C)noc1C. The molecule has 0 saturated heterocycles. The molecule has 0 spiro atoms. The van der Waals surface area contributed by atoms with Crippen LogP contribution in [0.15, 0.2) is 28.8 Å². The van der Waals surface area contributed by atoms with Crippen molar-refractivity contribution in [2.45, 2.75) is 20.5 Å². The molecule has 0 bridgehead atoms. The van der Waals surface area contributed by atoms with Gasteiger partial charge in [-0.1, -0.05) is 17.3 Å². The van der Waals surface area contributed by atoms with Crippen molar-refractivity contribution in [3.8, 4) is 0 Å². The molecule has 0 unspecified atom stereocenters. The first kappa shape index (κ1) is 14.8. The van der Waals surface area contributed by atoms with Crippen LogP contribution in [0.3, 0.4) is 0 Å². The van der Waals surface area contributed by atoms with E-state index in [1.165, 1.54) is 19.2 Å². The van der Waals surface area contributed by atoms with Gasteiger partial charge >= 0.3 is 11.9 Å². The average Bonchev–Trinajstić information content (AvgIpc) is 2.82. The molecule has 0 aliphatic heterocycles. The van der Waals surface area contributed by atoms with Crippen molar-refractivity contribution in [2.24, 2.45) is 0 Å². The van der Waals surface area contributed by atoms with Gasteiger partial charge in [0.05, 0.1) is 29.5 Å². The van der Waals surface area contributed by atoms with Gasteiger partial charge in [-0.05, 0) is 26.0 Å². The van der Waals surface area contributed by atoms with Crippen molar-refractivity contribution in [3.05, 3.63) is 52.4 Å². The zero-order valence-electron chi connectivity index (χ0n) is 12.0. The van der Waals surface area contributed by atoms with E-state index < -0.39 is 11.9 Å². The monoisotopic (exact) mass is 289 g/mol. The Labute approximate surface area is 121 Å². The van der Waals surface area contributed by atoms with Gasteiger partial charge < -0.3 is 14.0 Å². The summed E-state index contributed by atoms with van der Waals surface area (Å²) in [4.78, 5) is 23.7. The van der Waals surface area contributed by atoms with Crippen LogP contribution in [-0.2, 0) is 16.1 Å². The Morgan fingerprint density at radius 3 is 2.29 bits per heavy atom. The summed E-state index contributed by atoms with van der Waals surface area (Å²) in [5.41, 5.74) is 1.72. The summed E-state index contributed by atoms with van der Waals surface area (Å²) in [5, 5.41) is 3.79. The lowest BCUT2D eigenvalue weighted by atomic mass is 10.1. The Balaban J connectivity index is 2.16. The van der Waals surface area contributed by atoms with Crippen molar-refractivity contribution in [3.63, 3.8) is 0 Å². The van der Waals surface area contributed by atoms with E-state index in [2.05, 4.69) is 9.89 Å². The fourth-order valence-electron chi connectivity index (χ4n) is 1.87. The number of hydrogen-bond donors (Lipinski definition) is 0. The molecule has 1 aromatic heterocycles. The summed E-state index contributed by atoms with van der Waals surface area (Å²) in [6, 6.07) is 6.33. The first-order valence-electron chi connectivity index (χ1n) is 6.30. The number of benzene rings is 1. The van der Waals surface area contributed by atoms with Gasteiger partial charge in [-0.25, -0.2) is 9.59 Å². The zero-order valence-corrected chi connectivity index (χ0v) is 12.0. The predicted octanol–water partition coefficient (Wildman–Crippen LogP) is 2.44. The number of carbonyl (C=O) groups is 2. The van der Waals surface area contributed by atoms with Crippen LogP contribution >= 0.6 is 0 Å². The van der Waals surface area contributed by atoms with Gasteiger partial charge in [-0.3, -0.25) is 0 Å².